The average molecular weight is 388 g/mol. The van der Waals surface area contributed by atoms with Crippen molar-refractivity contribution in [2.45, 2.75) is 37.1 Å². The van der Waals surface area contributed by atoms with Gasteiger partial charge in [-0.3, -0.25) is 9.78 Å². The molecule has 1 amide bonds. The Morgan fingerprint density at radius 2 is 1.85 bits per heavy atom. The van der Waals surface area contributed by atoms with E-state index in [1.165, 1.54) is 10.4 Å². The summed E-state index contributed by atoms with van der Waals surface area (Å²) < 4.78 is 27.3. The molecule has 1 atom stereocenters. The first-order chi connectivity index (χ1) is 12.9. The average Bonchev–Trinajstić information content (AvgIpc) is 2.73. The van der Waals surface area contributed by atoms with Crippen LogP contribution in [0.15, 0.2) is 53.6 Å². The zero-order valence-corrected chi connectivity index (χ0v) is 16.5. The molecule has 1 unspecified atom stereocenters. The minimum Gasteiger partial charge on any atom is -0.333 e. The Kier molecular flexibility index (Phi) is 5.92. The summed E-state index contributed by atoms with van der Waals surface area (Å²) in [5, 5.41) is 0. The third-order valence-corrected chi connectivity index (χ3v) is 6.95. The predicted octanol–water partition coefficient (Wildman–Crippen LogP) is 3.09. The van der Waals surface area contributed by atoms with Crippen molar-refractivity contribution in [2.24, 2.45) is 0 Å². The molecule has 0 spiro atoms. The van der Waals surface area contributed by atoms with Crippen molar-refractivity contribution < 1.29 is 13.2 Å². The summed E-state index contributed by atoms with van der Waals surface area (Å²) in [5.74, 6) is -0.233. The molecule has 27 heavy (non-hydrogen) atoms. The maximum Gasteiger partial charge on any atom is 0.254 e. The molecule has 1 saturated heterocycles. The Hall–Kier alpha value is -2.25. The second-order valence-electron chi connectivity index (χ2n) is 6.84. The highest BCUT2D eigenvalue weighted by Gasteiger charge is 2.27. The summed E-state index contributed by atoms with van der Waals surface area (Å²) in [7, 11) is -1.86. The van der Waals surface area contributed by atoms with Gasteiger partial charge in [0.25, 0.3) is 5.91 Å². The van der Waals surface area contributed by atoms with Crippen LogP contribution in [0.25, 0.3) is 0 Å². The van der Waals surface area contributed by atoms with Crippen LogP contribution in [0, 0.1) is 0 Å². The van der Waals surface area contributed by atoms with Gasteiger partial charge in [-0.05, 0) is 50.1 Å². The molecule has 1 aromatic carbocycles. The summed E-state index contributed by atoms with van der Waals surface area (Å²) >= 11 is 0. The first kappa shape index (κ1) is 19.5. The van der Waals surface area contributed by atoms with Crippen molar-refractivity contribution in [1.29, 1.82) is 0 Å². The maximum absolute atomic E-state index is 12.9. The highest BCUT2D eigenvalue weighted by Crippen LogP contribution is 2.23. The van der Waals surface area contributed by atoms with Gasteiger partial charge in [-0.15, -0.1) is 0 Å². The largest absolute Gasteiger partial charge is 0.333 e. The fourth-order valence-electron chi connectivity index (χ4n) is 3.24. The SMILES string of the molecule is CC(c1ccccn1)N(C)C(=O)c1cccc(S(=O)(=O)N2CCCCC2)c1. The van der Waals surface area contributed by atoms with E-state index >= 15 is 0 Å². The second-order valence-corrected chi connectivity index (χ2v) is 8.78. The first-order valence-corrected chi connectivity index (χ1v) is 10.6. The summed E-state index contributed by atoms with van der Waals surface area (Å²) in [6.45, 7) is 2.98. The normalized spacial score (nSPS) is 16.7. The minimum atomic E-state index is -3.57. The van der Waals surface area contributed by atoms with Gasteiger partial charge in [-0.1, -0.05) is 18.6 Å². The van der Waals surface area contributed by atoms with E-state index in [1.807, 2.05) is 25.1 Å². The Balaban J connectivity index is 1.83. The number of piperidine rings is 1. The van der Waals surface area contributed by atoms with E-state index in [1.54, 1.807) is 36.3 Å². The third-order valence-electron chi connectivity index (χ3n) is 5.05. The van der Waals surface area contributed by atoms with Crippen molar-refractivity contribution in [3.05, 3.63) is 59.9 Å². The maximum atomic E-state index is 12.9. The van der Waals surface area contributed by atoms with Crippen LogP contribution in [-0.2, 0) is 10.0 Å². The van der Waals surface area contributed by atoms with Gasteiger partial charge in [0.05, 0.1) is 16.6 Å². The molecule has 6 nitrogen and oxygen atoms in total. The van der Waals surface area contributed by atoms with Gasteiger partial charge < -0.3 is 4.90 Å². The standard InChI is InChI=1S/C20H25N3O3S/c1-16(19-11-4-5-12-21-19)22(2)20(24)17-9-8-10-18(15-17)27(25,26)23-13-6-3-7-14-23/h4-5,8-12,15-16H,3,6-7,13-14H2,1-2H3. The van der Waals surface area contributed by atoms with E-state index in [-0.39, 0.29) is 16.8 Å². The van der Waals surface area contributed by atoms with E-state index in [4.69, 9.17) is 0 Å². The van der Waals surface area contributed by atoms with Crippen LogP contribution in [0.5, 0.6) is 0 Å². The molecular weight excluding hydrogens is 362 g/mol. The van der Waals surface area contributed by atoms with Crippen LogP contribution in [-0.4, -0.2) is 48.7 Å². The lowest BCUT2D eigenvalue weighted by atomic mass is 10.1. The molecule has 1 aromatic heterocycles. The van der Waals surface area contributed by atoms with Crippen LogP contribution in [0.2, 0.25) is 0 Å². The lowest BCUT2D eigenvalue weighted by Crippen LogP contribution is -2.36. The van der Waals surface area contributed by atoms with Gasteiger partial charge in [0.2, 0.25) is 10.0 Å². The molecule has 0 aliphatic carbocycles. The van der Waals surface area contributed by atoms with Gasteiger partial charge >= 0.3 is 0 Å². The van der Waals surface area contributed by atoms with E-state index in [9.17, 15) is 13.2 Å². The van der Waals surface area contributed by atoms with Gasteiger partial charge in [0, 0.05) is 31.9 Å². The fraction of sp³-hybridized carbons (Fsp3) is 0.400. The van der Waals surface area contributed by atoms with Crippen LogP contribution in [0.3, 0.4) is 0 Å². The molecule has 1 fully saturated rings. The quantitative estimate of drug-likeness (QED) is 0.790. The number of pyridine rings is 1. The van der Waals surface area contributed by atoms with E-state index in [0.717, 1.165) is 25.0 Å². The zero-order chi connectivity index (χ0) is 19.4. The molecule has 7 heteroatoms. The van der Waals surface area contributed by atoms with Gasteiger partial charge in [-0.25, -0.2) is 8.42 Å². The van der Waals surface area contributed by atoms with Crippen molar-refractivity contribution in [2.75, 3.05) is 20.1 Å². The smallest absolute Gasteiger partial charge is 0.254 e. The fourth-order valence-corrected chi connectivity index (χ4v) is 4.81. The van der Waals surface area contributed by atoms with Gasteiger partial charge in [-0.2, -0.15) is 4.31 Å². The topological polar surface area (TPSA) is 70.6 Å². The Morgan fingerprint density at radius 1 is 1.11 bits per heavy atom. The van der Waals surface area contributed by atoms with Gasteiger partial charge in [0.1, 0.15) is 0 Å². The number of hydrogen-bond donors (Lipinski definition) is 0. The lowest BCUT2D eigenvalue weighted by molar-refractivity contribution is 0.0739. The summed E-state index contributed by atoms with van der Waals surface area (Å²) in [6.07, 6.45) is 4.50. The van der Waals surface area contributed by atoms with Crippen LogP contribution >= 0.6 is 0 Å². The van der Waals surface area contributed by atoms with E-state index < -0.39 is 10.0 Å². The highest BCUT2D eigenvalue weighted by molar-refractivity contribution is 7.89. The van der Waals surface area contributed by atoms with Crippen molar-refractivity contribution >= 4 is 15.9 Å². The Labute approximate surface area is 160 Å². The first-order valence-electron chi connectivity index (χ1n) is 9.19. The number of amides is 1. The molecule has 2 heterocycles. The number of sulfonamides is 1. The molecule has 2 aromatic rings. The van der Waals surface area contributed by atoms with Crippen LogP contribution in [0.1, 0.15) is 48.3 Å². The number of aromatic nitrogens is 1. The van der Waals surface area contributed by atoms with E-state index in [2.05, 4.69) is 4.98 Å². The Bertz CT molecular complexity index is 894. The summed E-state index contributed by atoms with van der Waals surface area (Å²) in [4.78, 5) is 19.0. The molecular formula is C20H25N3O3S. The predicted molar refractivity (Wildman–Crippen MR) is 104 cm³/mol. The van der Waals surface area contributed by atoms with Crippen LogP contribution < -0.4 is 0 Å². The molecule has 1 aliphatic rings. The molecule has 0 radical (unpaired) electrons. The lowest BCUT2D eigenvalue weighted by Gasteiger charge is -2.27. The van der Waals surface area contributed by atoms with Crippen molar-refractivity contribution in [1.82, 2.24) is 14.2 Å². The number of carbonyl (C=O) groups excluding carboxylic acids is 1. The molecule has 3 rings (SSSR count). The number of rotatable bonds is 5. The monoisotopic (exact) mass is 387 g/mol. The van der Waals surface area contributed by atoms with Crippen molar-refractivity contribution in [3.63, 3.8) is 0 Å². The minimum absolute atomic E-state index is 0.175. The zero-order valence-electron chi connectivity index (χ0n) is 15.7. The number of carbonyl (C=O) groups is 1. The van der Waals surface area contributed by atoms with Gasteiger partial charge in [0.15, 0.2) is 0 Å². The van der Waals surface area contributed by atoms with Crippen LogP contribution in [0.4, 0.5) is 0 Å². The molecule has 0 saturated carbocycles. The summed E-state index contributed by atoms with van der Waals surface area (Å²) in [6, 6.07) is 11.7. The number of nitrogens with zero attached hydrogens (tertiary/aromatic N) is 3. The molecule has 0 bridgehead atoms. The number of hydrogen-bond acceptors (Lipinski definition) is 4. The molecule has 0 N–H and O–H groups in total. The molecule has 1 aliphatic heterocycles. The van der Waals surface area contributed by atoms with E-state index in [0.29, 0.717) is 18.7 Å². The molecule has 144 valence electrons. The third kappa shape index (κ3) is 4.20. The van der Waals surface area contributed by atoms with Crippen molar-refractivity contribution in [3.8, 4) is 0 Å². The second kappa shape index (κ2) is 8.19. The number of benzene rings is 1. The highest BCUT2D eigenvalue weighted by atomic mass is 32.2. The summed E-state index contributed by atoms with van der Waals surface area (Å²) in [5.41, 5.74) is 1.14. The Morgan fingerprint density at radius 3 is 2.52 bits per heavy atom.